The van der Waals surface area contributed by atoms with Gasteiger partial charge in [-0.05, 0) is 32.2 Å². The minimum absolute atomic E-state index is 0.345. The van der Waals surface area contributed by atoms with Gasteiger partial charge in [0, 0.05) is 12.6 Å². The molecule has 0 saturated carbocycles. The second-order valence-corrected chi connectivity index (χ2v) is 3.37. The van der Waals surface area contributed by atoms with Gasteiger partial charge in [-0.2, -0.15) is 0 Å². The molecule has 1 saturated heterocycles. The lowest BCUT2D eigenvalue weighted by molar-refractivity contribution is 0.274. The Morgan fingerprint density at radius 1 is 1.27 bits per heavy atom. The fourth-order valence-electron chi connectivity index (χ4n) is 1.68. The van der Waals surface area contributed by atoms with Gasteiger partial charge < -0.3 is 10.4 Å². The predicted octanol–water partition coefficient (Wildman–Crippen LogP) is 1.29. The number of nitrogens with one attached hydrogen (secondary N) is 1. The van der Waals surface area contributed by atoms with Crippen LogP contribution in [-0.4, -0.2) is 24.3 Å². The maximum absolute atomic E-state index is 8.64. The second kappa shape index (κ2) is 5.56. The minimum Gasteiger partial charge on any atom is -0.396 e. The minimum atomic E-state index is 0.345. The maximum atomic E-state index is 8.64. The van der Waals surface area contributed by atoms with Crippen LogP contribution in [0.5, 0.6) is 0 Å². The first kappa shape index (κ1) is 9.01. The van der Waals surface area contributed by atoms with Crippen molar-refractivity contribution < 1.29 is 5.11 Å². The Morgan fingerprint density at radius 3 is 3.00 bits per heavy atom. The van der Waals surface area contributed by atoms with Crippen LogP contribution < -0.4 is 5.32 Å². The maximum Gasteiger partial charge on any atom is 0.0431 e. The van der Waals surface area contributed by atoms with Crippen molar-refractivity contribution in [3.05, 3.63) is 0 Å². The summed E-state index contributed by atoms with van der Waals surface area (Å²) >= 11 is 0. The summed E-state index contributed by atoms with van der Waals surface area (Å²) in [6, 6.07) is 0.685. The van der Waals surface area contributed by atoms with E-state index < -0.39 is 0 Å². The Kier molecular flexibility index (Phi) is 4.55. The van der Waals surface area contributed by atoms with Gasteiger partial charge in [-0.15, -0.1) is 0 Å². The topological polar surface area (TPSA) is 32.3 Å². The fourth-order valence-corrected chi connectivity index (χ4v) is 1.68. The first-order valence-electron chi connectivity index (χ1n) is 4.77. The highest BCUT2D eigenvalue weighted by Crippen LogP contribution is 2.11. The molecule has 0 aromatic heterocycles. The van der Waals surface area contributed by atoms with Gasteiger partial charge in [0.2, 0.25) is 0 Å². The van der Waals surface area contributed by atoms with Crippen molar-refractivity contribution in [1.29, 1.82) is 0 Å². The third kappa shape index (κ3) is 3.73. The lowest BCUT2D eigenvalue weighted by Crippen LogP contribution is -2.28. The first-order chi connectivity index (χ1) is 5.43. The van der Waals surface area contributed by atoms with Crippen LogP contribution in [0.25, 0.3) is 0 Å². The summed E-state index contributed by atoms with van der Waals surface area (Å²) in [4.78, 5) is 0. The number of aliphatic hydroxyl groups is 1. The van der Waals surface area contributed by atoms with Crippen molar-refractivity contribution in [2.75, 3.05) is 13.2 Å². The normalized spacial score (nSPS) is 26.5. The van der Waals surface area contributed by atoms with Gasteiger partial charge in [-0.1, -0.05) is 12.8 Å². The van der Waals surface area contributed by atoms with Gasteiger partial charge >= 0.3 is 0 Å². The highest BCUT2D eigenvalue weighted by Gasteiger charge is 2.09. The van der Waals surface area contributed by atoms with Crippen LogP contribution in [0, 0.1) is 0 Å². The average molecular weight is 157 g/mol. The summed E-state index contributed by atoms with van der Waals surface area (Å²) in [7, 11) is 0. The van der Waals surface area contributed by atoms with E-state index in [9.17, 15) is 0 Å². The third-order valence-corrected chi connectivity index (χ3v) is 2.37. The first-order valence-corrected chi connectivity index (χ1v) is 4.77. The van der Waals surface area contributed by atoms with E-state index in [0.29, 0.717) is 12.6 Å². The lowest BCUT2D eigenvalue weighted by Gasteiger charge is -2.14. The Labute approximate surface area is 69.0 Å². The molecule has 0 spiro atoms. The van der Waals surface area contributed by atoms with E-state index in [1.165, 1.54) is 32.2 Å². The number of aliphatic hydroxyl groups excluding tert-OH is 1. The number of rotatable bonds is 3. The highest BCUT2D eigenvalue weighted by atomic mass is 16.2. The van der Waals surface area contributed by atoms with E-state index in [2.05, 4.69) is 5.32 Å². The van der Waals surface area contributed by atoms with Gasteiger partial charge in [-0.3, -0.25) is 0 Å². The van der Waals surface area contributed by atoms with Crippen molar-refractivity contribution in [3.63, 3.8) is 0 Å². The molecule has 1 aliphatic heterocycles. The molecule has 1 unspecified atom stereocenters. The van der Waals surface area contributed by atoms with Crippen LogP contribution in [0.15, 0.2) is 0 Å². The van der Waals surface area contributed by atoms with Crippen molar-refractivity contribution in [2.45, 2.75) is 44.6 Å². The number of hydrogen-bond donors (Lipinski definition) is 2. The molecule has 2 N–H and O–H groups in total. The molecule has 1 heterocycles. The molecule has 66 valence electrons. The summed E-state index contributed by atoms with van der Waals surface area (Å²) in [5.41, 5.74) is 0. The molecular weight excluding hydrogens is 138 g/mol. The third-order valence-electron chi connectivity index (χ3n) is 2.37. The van der Waals surface area contributed by atoms with Crippen LogP contribution in [-0.2, 0) is 0 Å². The van der Waals surface area contributed by atoms with Crippen LogP contribution >= 0.6 is 0 Å². The van der Waals surface area contributed by atoms with Crippen LogP contribution in [0.4, 0.5) is 0 Å². The zero-order valence-electron chi connectivity index (χ0n) is 7.18. The fraction of sp³-hybridized carbons (Fsp3) is 1.00. The smallest absolute Gasteiger partial charge is 0.0431 e. The van der Waals surface area contributed by atoms with E-state index in [-0.39, 0.29) is 0 Å². The molecular formula is C9H19NO. The molecule has 11 heavy (non-hydrogen) atoms. The summed E-state index contributed by atoms with van der Waals surface area (Å²) in [5, 5.41) is 12.1. The molecule has 0 radical (unpaired) electrons. The van der Waals surface area contributed by atoms with E-state index in [1.54, 1.807) is 0 Å². The van der Waals surface area contributed by atoms with Crippen molar-refractivity contribution in [2.24, 2.45) is 0 Å². The Hall–Kier alpha value is -0.0800. The van der Waals surface area contributed by atoms with Crippen molar-refractivity contribution >= 4 is 0 Å². The molecule has 1 fully saturated rings. The molecule has 0 aromatic carbocycles. The van der Waals surface area contributed by atoms with Gasteiger partial charge in [0.25, 0.3) is 0 Å². The monoisotopic (exact) mass is 157 g/mol. The summed E-state index contributed by atoms with van der Waals surface area (Å²) in [6.07, 6.45) is 7.48. The van der Waals surface area contributed by atoms with Crippen LogP contribution in [0.1, 0.15) is 38.5 Å². The van der Waals surface area contributed by atoms with E-state index in [4.69, 9.17) is 5.11 Å². The van der Waals surface area contributed by atoms with E-state index in [1.807, 2.05) is 0 Å². The quantitative estimate of drug-likeness (QED) is 0.647. The predicted molar refractivity (Wildman–Crippen MR) is 46.6 cm³/mol. The van der Waals surface area contributed by atoms with Gasteiger partial charge in [0.1, 0.15) is 0 Å². The van der Waals surface area contributed by atoms with Crippen LogP contribution in [0.3, 0.4) is 0 Å². The molecule has 2 nitrogen and oxygen atoms in total. The summed E-state index contributed by atoms with van der Waals surface area (Å²) in [5.74, 6) is 0. The second-order valence-electron chi connectivity index (χ2n) is 3.37. The zero-order chi connectivity index (χ0) is 7.94. The Balaban J connectivity index is 2.09. The largest absolute Gasteiger partial charge is 0.396 e. The van der Waals surface area contributed by atoms with Gasteiger partial charge in [0.15, 0.2) is 0 Å². The Morgan fingerprint density at radius 2 is 2.18 bits per heavy atom. The molecule has 1 aliphatic rings. The molecule has 1 atom stereocenters. The SMILES string of the molecule is OCCCC1CCCCCN1. The zero-order valence-corrected chi connectivity index (χ0v) is 7.18. The van der Waals surface area contributed by atoms with Gasteiger partial charge in [-0.25, -0.2) is 0 Å². The van der Waals surface area contributed by atoms with Crippen LogP contribution in [0.2, 0.25) is 0 Å². The molecule has 0 amide bonds. The Bertz CT molecular complexity index is 87.6. The standard InChI is InChI=1S/C9H19NO/c11-8-4-6-9-5-2-1-3-7-10-9/h9-11H,1-8H2. The number of hydrogen-bond acceptors (Lipinski definition) is 2. The van der Waals surface area contributed by atoms with Gasteiger partial charge in [0.05, 0.1) is 0 Å². The van der Waals surface area contributed by atoms with Crippen molar-refractivity contribution in [1.82, 2.24) is 5.32 Å². The molecule has 1 rings (SSSR count). The average Bonchev–Trinajstić information content (AvgIpc) is 2.28. The highest BCUT2D eigenvalue weighted by molar-refractivity contribution is 4.70. The van der Waals surface area contributed by atoms with E-state index >= 15 is 0 Å². The summed E-state index contributed by atoms with van der Waals surface area (Å²) in [6.45, 7) is 1.52. The summed E-state index contributed by atoms with van der Waals surface area (Å²) < 4.78 is 0. The van der Waals surface area contributed by atoms with E-state index in [0.717, 1.165) is 12.8 Å². The van der Waals surface area contributed by atoms with Crippen molar-refractivity contribution in [3.8, 4) is 0 Å². The molecule has 0 bridgehead atoms. The lowest BCUT2D eigenvalue weighted by atomic mass is 10.1. The molecule has 0 aliphatic carbocycles. The molecule has 0 aromatic rings. The molecule has 2 heteroatoms.